The van der Waals surface area contributed by atoms with Crippen LogP contribution in [0, 0.1) is 0 Å². The van der Waals surface area contributed by atoms with Crippen molar-refractivity contribution >= 4 is 44.5 Å². The quantitative estimate of drug-likeness (QED) is 0.585. The number of hydrogen-bond donors (Lipinski definition) is 1. The molecule has 0 aromatic carbocycles. The standard InChI is InChI=1S/C3H2BrIO2/c4-2(5)1-3(6)7/h1H,(H,6,7). The van der Waals surface area contributed by atoms with Gasteiger partial charge in [0.2, 0.25) is 0 Å². The van der Waals surface area contributed by atoms with Crippen LogP contribution in [0.1, 0.15) is 0 Å². The Morgan fingerprint density at radius 1 is 1.86 bits per heavy atom. The predicted octanol–water partition coefficient (Wildman–Crippen LogP) is 1.74. The van der Waals surface area contributed by atoms with Gasteiger partial charge in [-0.1, -0.05) is 0 Å². The van der Waals surface area contributed by atoms with Gasteiger partial charge in [-0.15, -0.1) is 0 Å². The fraction of sp³-hybridized carbons (Fsp3) is 0. The molecule has 0 spiro atoms. The summed E-state index contributed by atoms with van der Waals surface area (Å²) in [5.74, 6) is -0.929. The average molecular weight is 277 g/mol. The average Bonchev–Trinajstić information content (AvgIpc) is 1.27. The molecule has 0 aromatic heterocycles. The number of carboxylic acids is 1. The summed E-state index contributed by atoms with van der Waals surface area (Å²) in [5, 5.41) is 7.97. The zero-order valence-electron chi connectivity index (χ0n) is 3.19. The Morgan fingerprint density at radius 3 is 2.29 bits per heavy atom. The molecule has 0 aliphatic rings. The summed E-state index contributed by atoms with van der Waals surface area (Å²) in [6, 6.07) is 0. The van der Waals surface area contributed by atoms with Crippen molar-refractivity contribution in [1.29, 1.82) is 0 Å². The second kappa shape index (κ2) is 3.43. The van der Waals surface area contributed by atoms with Crippen molar-refractivity contribution < 1.29 is 9.90 Å². The van der Waals surface area contributed by atoms with Gasteiger partial charge in [-0.2, -0.15) is 0 Å². The van der Waals surface area contributed by atoms with Gasteiger partial charge in [0.05, 0.1) is 2.49 Å². The van der Waals surface area contributed by atoms with E-state index in [1.807, 2.05) is 22.6 Å². The van der Waals surface area contributed by atoms with Crippen molar-refractivity contribution in [2.75, 3.05) is 0 Å². The van der Waals surface area contributed by atoms with E-state index in [4.69, 9.17) is 5.11 Å². The zero-order chi connectivity index (χ0) is 5.86. The van der Waals surface area contributed by atoms with Crippen molar-refractivity contribution in [1.82, 2.24) is 0 Å². The van der Waals surface area contributed by atoms with Crippen LogP contribution >= 0.6 is 38.5 Å². The summed E-state index contributed by atoms with van der Waals surface area (Å²) in [6.45, 7) is 0. The van der Waals surface area contributed by atoms with E-state index in [1.165, 1.54) is 0 Å². The predicted molar refractivity (Wildman–Crippen MR) is 38.7 cm³/mol. The number of rotatable bonds is 1. The lowest BCUT2D eigenvalue weighted by Gasteiger charge is -1.75. The van der Waals surface area contributed by atoms with E-state index in [1.54, 1.807) is 0 Å². The van der Waals surface area contributed by atoms with E-state index in [0.29, 0.717) is 2.49 Å². The molecule has 0 heterocycles. The third kappa shape index (κ3) is 6.42. The Bertz CT molecular complexity index is 106. The third-order valence-electron chi connectivity index (χ3n) is 0.233. The lowest BCUT2D eigenvalue weighted by atomic mass is 10.7. The van der Waals surface area contributed by atoms with Crippen LogP contribution in [0.15, 0.2) is 8.57 Å². The number of hydrogen-bond acceptors (Lipinski definition) is 1. The van der Waals surface area contributed by atoms with Gasteiger partial charge in [0, 0.05) is 6.08 Å². The molecular formula is C3H2BrIO2. The largest absolute Gasteiger partial charge is 0.478 e. The summed E-state index contributed by atoms with van der Waals surface area (Å²) in [6.07, 6.45) is 1.07. The van der Waals surface area contributed by atoms with E-state index in [0.717, 1.165) is 6.08 Å². The van der Waals surface area contributed by atoms with Crippen LogP contribution in [0.2, 0.25) is 0 Å². The monoisotopic (exact) mass is 276 g/mol. The van der Waals surface area contributed by atoms with Crippen LogP contribution < -0.4 is 0 Å². The lowest BCUT2D eigenvalue weighted by Crippen LogP contribution is -1.84. The van der Waals surface area contributed by atoms with Gasteiger partial charge in [0.15, 0.2) is 0 Å². The van der Waals surface area contributed by atoms with E-state index < -0.39 is 5.97 Å². The van der Waals surface area contributed by atoms with Gasteiger partial charge < -0.3 is 5.11 Å². The molecule has 0 aliphatic carbocycles. The number of aliphatic carboxylic acids is 1. The second-order valence-electron chi connectivity index (χ2n) is 0.772. The summed E-state index contributed by atoms with van der Waals surface area (Å²) >= 11 is 4.80. The molecule has 0 saturated heterocycles. The molecule has 7 heavy (non-hydrogen) atoms. The SMILES string of the molecule is O=C(O)C=C(Br)I. The normalized spacial score (nSPS) is 11.4. The smallest absolute Gasteiger partial charge is 0.329 e. The van der Waals surface area contributed by atoms with E-state index in [2.05, 4.69) is 15.9 Å². The van der Waals surface area contributed by atoms with Crippen molar-refractivity contribution in [3.05, 3.63) is 8.57 Å². The Balaban J connectivity index is 3.68. The first-order valence-corrected chi connectivity index (χ1v) is 3.25. The van der Waals surface area contributed by atoms with Gasteiger partial charge in [0.25, 0.3) is 0 Å². The van der Waals surface area contributed by atoms with Crippen LogP contribution in [0.3, 0.4) is 0 Å². The highest BCUT2D eigenvalue weighted by Crippen LogP contribution is 2.12. The van der Waals surface area contributed by atoms with Crippen molar-refractivity contribution in [2.24, 2.45) is 0 Å². The maximum Gasteiger partial charge on any atom is 0.329 e. The van der Waals surface area contributed by atoms with Crippen LogP contribution in [0.25, 0.3) is 0 Å². The van der Waals surface area contributed by atoms with Crippen LogP contribution in [0.5, 0.6) is 0 Å². The molecule has 0 atom stereocenters. The van der Waals surface area contributed by atoms with Crippen molar-refractivity contribution in [3.63, 3.8) is 0 Å². The molecule has 0 radical (unpaired) electrons. The first-order chi connectivity index (χ1) is 3.13. The molecule has 0 fully saturated rings. The van der Waals surface area contributed by atoms with Crippen molar-refractivity contribution in [3.8, 4) is 0 Å². The van der Waals surface area contributed by atoms with Crippen LogP contribution in [-0.4, -0.2) is 11.1 Å². The molecule has 0 saturated carbocycles. The molecule has 1 N–H and O–H groups in total. The minimum absolute atomic E-state index is 0.595. The molecule has 0 unspecified atom stereocenters. The van der Waals surface area contributed by atoms with Gasteiger partial charge in [-0.05, 0) is 38.5 Å². The summed E-state index contributed by atoms with van der Waals surface area (Å²) in [5.41, 5.74) is 0. The Labute approximate surface area is 62.9 Å². The lowest BCUT2D eigenvalue weighted by molar-refractivity contribution is -0.131. The zero-order valence-corrected chi connectivity index (χ0v) is 6.93. The summed E-state index contributed by atoms with van der Waals surface area (Å²) < 4.78 is 0.595. The highest BCUT2D eigenvalue weighted by molar-refractivity contribution is 14.1. The van der Waals surface area contributed by atoms with Gasteiger partial charge in [-0.25, -0.2) is 4.79 Å². The third-order valence-corrected chi connectivity index (χ3v) is 0.773. The van der Waals surface area contributed by atoms with E-state index >= 15 is 0 Å². The minimum atomic E-state index is -0.929. The van der Waals surface area contributed by atoms with E-state index in [9.17, 15) is 4.79 Å². The molecule has 0 aliphatic heterocycles. The van der Waals surface area contributed by atoms with Crippen LogP contribution in [-0.2, 0) is 4.79 Å². The fourth-order valence-electron chi connectivity index (χ4n) is 0.0933. The maximum absolute atomic E-state index is 9.70. The van der Waals surface area contributed by atoms with Crippen molar-refractivity contribution in [2.45, 2.75) is 0 Å². The van der Waals surface area contributed by atoms with Crippen LogP contribution in [0.4, 0.5) is 0 Å². The highest BCUT2D eigenvalue weighted by Gasteiger charge is 1.87. The van der Waals surface area contributed by atoms with Gasteiger partial charge in [0.1, 0.15) is 0 Å². The highest BCUT2D eigenvalue weighted by atomic mass is 127. The number of halogens is 2. The molecule has 4 heteroatoms. The molecule has 0 aromatic rings. The van der Waals surface area contributed by atoms with Gasteiger partial charge >= 0.3 is 5.97 Å². The summed E-state index contributed by atoms with van der Waals surface area (Å²) in [4.78, 5) is 9.70. The number of carbonyl (C=O) groups is 1. The number of carboxylic acid groups (broad SMARTS) is 1. The Morgan fingerprint density at radius 2 is 2.29 bits per heavy atom. The topological polar surface area (TPSA) is 37.3 Å². The Kier molecular flexibility index (Phi) is 3.63. The minimum Gasteiger partial charge on any atom is -0.478 e. The molecule has 0 rings (SSSR count). The molecule has 2 nitrogen and oxygen atoms in total. The molecule has 0 bridgehead atoms. The molecule has 0 amide bonds. The van der Waals surface area contributed by atoms with E-state index in [-0.39, 0.29) is 0 Å². The summed E-state index contributed by atoms with van der Waals surface area (Å²) in [7, 11) is 0. The first-order valence-electron chi connectivity index (χ1n) is 1.38. The maximum atomic E-state index is 9.70. The second-order valence-corrected chi connectivity index (χ2v) is 4.27. The first kappa shape index (κ1) is 7.42. The Hall–Kier alpha value is 0.420. The fourth-order valence-corrected chi connectivity index (χ4v) is 0.556. The molecular weight excluding hydrogens is 275 g/mol. The molecule has 40 valence electrons. The van der Waals surface area contributed by atoms with Gasteiger partial charge in [-0.3, -0.25) is 0 Å².